The first-order valence-corrected chi connectivity index (χ1v) is 6.56. The molecule has 3 aliphatic rings. The van der Waals surface area contributed by atoms with Crippen molar-refractivity contribution in [2.24, 2.45) is 0 Å². The summed E-state index contributed by atoms with van der Waals surface area (Å²) in [5, 5.41) is 12.8. The average molecular weight is 231 g/mol. The van der Waals surface area contributed by atoms with Crippen molar-refractivity contribution in [3.8, 4) is 0 Å². The van der Waals surface area contributed by atoms with E-state index in [4.69, 9.17) is 4.84 Å². The first kappa shape index (κ1) is 10.1. The summed E-state index contributed by atoms with van der Waals surface area (Å²) in [6, 6.07) is 8.15. The second-order valence-electron chi connectivity index (χ2n) is 5.48. The van der Waals surface area contributed by atoms with Gasteiger partial charge in [0.2, 0.25) is 0 Å². The normalized spacial score (nSPS) is 37.4. The molecule has 2 fully saturated rings. The molecule has 2 aliphatic heterocycles. The second kappa shape index (κ2) is 3.31. The fourth-order valence-electron chi connectivity index (χ4n) is 3.65. The highest BCUT2D eigenvalue weighted by molar-refractivity contribution is 5.38. The number of hydrogen-bond acceptors (Lipinski definition) is 3. The lowest BCUT2D eigenvalue weighted by Gasteiger charge is -2.43. The van der Waals surface area contributed by atoms with E-state index in [2.05, 4.69) is 17.2 Å². The van der Waals surface area contributed by atoms with Gasteiger partial charge >= 0.3 is 0 Å². The van der Waals surface area contributed by atoms with Crippen molar-refractivity contribution in [3.05, 3.63) is 35.4 Å². The standard InChI is InChI=1S/C14H17NO2/c16-12-10-6-2-3-7-11(10)13-15(17-13)14(12)8-4-1-5-9-14/h2-3,6-7,12-13,16H,1,4-5,8-9H2. The number of aliphatic hydroxyl groups is 1. The molecule has 4 rings (SSSR count). The van der Waals surface area contributed by atoms with E-state index in [1.54, 1.807) is 0 Å². The minimum Gasteiger partial charge on any atom is -0.386 e. The highest BCUT2D eigenvalue weighted by Crippen LogP contribution is 2.59. The molecule has 0 radical (unpaired) electrons. The lowest BCUT2D eigenvalue weighted by atomic mass is 9.72. The summed E-state index contributed by atoms with van der Waals surface area (Å²) in [5.41, 5.74) is 2.08. The fraction of sp³-hybridized carbons (Fsp3) is 0.571. The third-order valence-corrected chi connectivity index (χ3v) is 4.60. The molecule has 2 heterocycles. The molecule has 1 aliphatic carbocycles. The molecule has 1 aromatic rings. The maximum atomic E-state index is 10.7. The van der Waals surface area contributed by atoms with Crippen LogP contribution in [0.4, 0.5) is 0 Å². The Morgan fingerprint density at radius 2 is 1.82 bits per heavy atom. The van der Waals surface area contributed by atoms with Crippen LogP contribution in [0.5, 0.6) is 0 Å². The van der Waals surface area contributed by atoms with E-state index in [0.717, 1.165) is 24.0 Å². The van der Waals surface area contributed by atoms with Crippen LogP contribution in [0.3, 0.4) is 0 Å². The van der Waals surface area contributed by atoms with Crippen molar-refractivity contribution < 1.29 is 9.94 Å². The Morgan fingerprint density at radius 1 is 1.12 bits per heavy atom. The zero-order valence-corrected chi connectivity index (χ0v) is 9.80. The van der Waals surface area contributed by atoms with Gasteiger partial charge in [-0.3, -0.25) is 4.84 Å². The van der Waals surface area contributed by atoms with Crippen LogP contribution in [0.2, 0.25) is 0 Å². The molecular weight excluding hydrogens is 214 g/mol. The van der Waals surface area contributed by atoms with Gasteiger partial charge in [-0.1, -0.05) is 43.5 Å². The van der Waals surface area contributed by atoms with Crippen LogP contribution >= 0.6 is 0 Å². The molecular formula is C14H17NO2. The molecule has 0 bridgehead atoms. The number of nitrogens with zero attached hydrogens (tertiary/aromatic N) is 1. The highest BCUT2D eigenvalue weighted by atomic mass is 16.8. The van der Waals surface area contributed by atoms with E-state index in [0.29, 0.717) is 0 Å². The molecule has 90 valence electrons. The van der Waals surface area contributed by atoms with Gasteiger partial charge in [0.15, 0.2) is 6.23 Å². The Hall–Kier alpha value is -0.900. The predicted octanol–water partition coefficient (Wildman–Crippen LogP) is 2.68. The molecule has 1 aromatic carbocycles. The zero-order chi connectivity index (χ0) is 11.5. The lowest BCUT2D eigenvalue weighted by Crippen LogP contribution is -2.48. The van der Waals surface area contributed by atoms with Crippen molar-refractivity contribution in [2.45, 2.75) is 50.0 Å². The Kier molecular flexibility index (Phi) is 1.96. The molecule has 3 heteroatoms. The summed E-state index contributed by atoms with van der Waals surface area (Å²) in [6.07, 6.45) is 5.51. The quantitative estimate of drug-likeness (QED) is 0.697. The SMILES string of the molecule is OC1c2ccccc2C2ON2C12CCCCC2. The Balaban J connectivity index is 1.82. The van der Waals surface area contributed by atoms with Crippen LogP contribution in [0, 0.1) is 0 Å². The zero-order valence-electron chi connectivity index (χ0n) is 9.80. The van der Waals surface area contributed by atoms with E-state index in [-0.39, 0.29) is 11.8 Å². The topological polar surface area (TPSA) is 35.8 Å². The van der Waals surface area contributed by atoms with Crippen molar-refractivity contribution in [2.75, 3.05) is 0 Å². The first-order valence-electron chi connectivity index (χ1n) is 6.56. The van der Waals surface area contributed by atoms with Crippen molar-refractivity contribution >= 4 is 0 Å². The van der Waals surface area contributed by atoms with Crippen LogP contribution in [-0.4, -0.2) is 15.7 Å². The fourth-order valence-corrected chi connectivity index (χ4v) is 3.65. The van der Waals surface area contributed by atoms with Gasteiger partial charge in [-0.2, -0.15) is 0 Å². The number of hydroxylamine groups is 2. The Morgan fingerprint density at radius 3 is 2.59 bits per heavy atom. The van der Waals surface area contributed by atoms with Crippen molar-refractivity contribution in [3.63, 3.8) is 0 Å². The van der Waals surface area contributed by atoms with Crippen LogP contribution in [-0.2, 0) is 4.84 Å². The molecule has 17 heavy (non-hydrogen) atoms. The van der Waals surface area contributed by atoms with E-state index >= 15 is 0 Å². The maximum absolute atomic E-state index is 10.7. The van der Waals surface area contributed by atoms with Gasteiger partial charge in [-0.05, 0) is 18.4 Å². The molecule has 1 N–H and O–H groups in total. The molecule has 3 unspecified atom stereocenters. The summed E-state index contributed by atoms with van der Waals surface area (Å²) in [5.74, 6) is 0. The third-order valence-electron chi connectivity index (χ3n) is 4.60. The van der Waals surface area contributed by atoms with E-state index in [1.165, 1.54) is 19.3 Å². The number of aliphatic hydroxyl groups excluding tert-OH is 1. The van der Waals surface area contributed by atoms with Crippen LogP contribution in [0.25, 0.3) is 0 Å². The van der Waals surface area contributed by atoms with Crippen molar-refractivity contribution in [1.82, 2.24) is 5.06 Å². The summed E-state index contributed by atoms with van der Waals surface area (Å²) < 4.78 is 0. The minimum absolute atomic E-state index is 0.104. The first-order chi connectivity index (χ1) is 8.33. The highest BCUT2D eigenvalue weighted by Gasteiger charge is 2.61. The predicted molar refractivity (Wildman–Crippen MR) is 62.9 cm³/mol. The van der Waals surface area contributed by atoms with Gasteiger partial charge in [0, 0.05) is 5.56 Å². The van der Waals surface area contributed by atoms with Gasteiger partial charge in [0.1, 0.15) is 6.10 Å². The van der Waals surface area contributed by atoms with Crippen molar-refractivity contribution in [1.29, 1.82) is 0 Å². The summed E-state index contributed by atoms with van der Waals surface area (Å²) in [4.78, 5) is 5.74. The molecule has 0 aromatic heterocycles. The Bertz CT molecular complexity index is 453. The van der Waals surface area contributed by atoms with Gasteiger partial charge in [0.25, 0.3) is 0 Å². The maximum Gasteiger partial charge on any atom is 0.181 e. The van der Waals surface area contributed by atoms with Crippen LogP contribution in [0.1, 0.15) is 55.6 Å². The largest absolute Gasteiger partial charge is 0.386 e. The molecule has 0 amide bonds. The second-order valence-corrected chi connectivity index (χ2v) is 5.48. The molecule has 3 nitrogen and oxygen atoms in total. The molecule has 1 saturated carbocycles. The van der Waals surface area contributed by atoms with Gasteiger partial charge in [-0.25, -0.2) is 0 Å². The minimum atomic E-state index is -0.391. The average Bonchev–Trinajstić information content (AvgIpc) is 3.19. The lowest BCUT2D eigenvalue weighted by molar-refractivity contribution is -0.0681. The summed E-state index contributed by atoms with van der Waals surface area (Å²) in [6.45, 7) is 0. The Labute approximate surface area is 101 Å². The number of benzene rings is 1. The van der Waals surface area contributed by atoms with E-state index in [1.807, 2.05) is 12.1 Å². The molecule has 3 atom stereocenters. The van der Waals surface area contributed by atoms with Crippen LogP contribution in [0.15, 0.2) is 24.3 Å². The smallest absolute Gasteiger partial charge is 0.181 e. The van der Waals surface area contributed by atoms with E-state index < -0.39 is 6.10 Å². The molecule has 1 spiro atoms. The van der Waals surface area contributed by atoms with Crippen LogP contribution < -0.4 is 0 Å². The van der Waals surface area contributed by atoms with Gasteiger partial charge < -0.3 is 5.11 Å². The monoisotopic (exact) mass is 231 g/mol. The summed E-state index contributed by atoms with van der Waals surface area (Å²) >= 11 is 0. The summed E-state index contributed by atoms with van der Waals surface area (Å²) in [7, 11) is 0. The molecule has 1 saturated heterocycles. The number of fused-ring (bicyclic) bond motifs is 4. The van der Waals surface area contributed by atoms with Gasteiger partial charge in [0.05, 0.1) is 5.54 Å². The third kappa shape index (κ3) is 1.22. The number of rotatable bonds is 0. The van der Waals surface area contributed by atoms with Gasteiger partial charge in [-0.15, -0.1) is 5.06 Å². The van der Waals surface area contributed by atoms with E-state index in [9.17, 15) is 5.11 Å². The number of hydrogen-bond donors (Lipinski definition) is 1.